The van der Waals surface area contributed by atoms with E-state index < -0.39 is 0 Å². The SMILES string of the molecule is Cc1[nH]c2ccccc2c1C(=O)N1CCN(C(=O)c2ccn(C)c2)CC1. The lowest BCUT2D eigenvalue weighted by Gasteiger charge is -2.34. The lowest BCUT2D eigenvalue weighted by Crippen LogP contribution is -2.50. The average molecular weight is 350 g/mol. The molecule has 3 aromatic rings. The molecule has 0 radical (unpaired) electrons. The van der Waals surface area contributed by atoms with Gasteiger partial charge >= 0.3 is 0 Å². The number of carbonyl (C=O) groups excluding carboxylic acids is 2. The molecule has 1 aromatic carbocycles. The number of piperazine rings is 1. The van der Waals surface area contributed by atoms with E-state index in [0.29, 0.717) is 31.7 Å². The van der Waals surface area contributed by atoms with Crippen LogP contribution in [-0.4, -0.2) is 57.3 Å². The van der Waals surface area contributed by atoms with Crippen molar-refractivity contribution in [1.82, 2.24) is 19.4 Å². The van der Waals surface area contributed by atoms with Gasteiger partial charge in [-0.25, -0.2) is 0 Å². The van der Waals surface area contributed by atoms with Gasteiger partial charge in [-0.3, -0.25) is 9.59 Å². The number of H-pyrrole nitrogens is 1. The van der Waals surface area contributed by atoms with Crippen LogP contribution in [0.3, 0.4) is 0 Å². The second-order valence-electron chi connectivity index (χ2n) is 6.82. The molecule has 0 unspecified atom stereocenters. The molecular weight excluding hydrogens is 328 g/mol. The highest BCUT2D eigenvalue weighted by Gasteiger charge is 2.28. The van der Waals surface area contributed by atoms with Crippen molar-refractivity contribution in [3.63, 3.8) is 0 Å². The molecule has 1 fully saturated rings. The molecule has 0 bridgehead atoms. The van der Waals surface area contributed by atoms with Gasteiger partial charge < -0.3 is 19.4 Å². The highest BCUT2D eigenvalue weighted by atomic mass is 16.2. The zero-order valence-corrected chi connectivity index (χ0v) is 15.0. The maximum atomic E-state index is 13.0. The minimum Gasteiger partial charge on any atom is -0.358 e. The third kappa shape index (κ3) is 2.77. The van der Waals surface area contributed by atoms with E-state index in [1.807, 2.05) is 71.1 Å². The first-order valence-corrected chi connectivity index (χ1v) is 8.82. The molecule has 0 aliphatic carbocycles. The van der Waals surface area contributed by atoms with Crippen molar-refractivity contribution in [2.45, 2.75) is 6.92 Å². The number of rotatable bonds is 2. The Morgan fingerprint density at radius 3 is 2.27 bits per heavy atom. The van der Waals surface area contributed by atoms with E-state index >= 15 is 0 Å². The van der Waals surface area contributed by atoms with Gasteiger partial charge in [0.2, 0.25) is 0 Å². The number of aryl methyl sites for hydroxylation is 2. The van der Waals surface area contributed by atoms with Gasteiger partial charge in [0.05, 0.1) is 11.1 Å². The van der Waals surface area contributed by atoms with E-state index in [1.165, 1.54) is 0 Å². The molecule has 26 heavy (non-hydrogen) atoms. The fourth-order valence-corrected chi connectivity index (χ4v) is 3.64. The van der Waals surface area contributed by atoms with Crippen LogP contribution in [0.2, 0.25) is 0 Å². The third-order valence-corrected chi connectivity index (χ3v) is 5.04. The first kappa shape index (κ1) is 16.4. The number of hydrogen-bond donors (Lipinski definition) is 1. The molecule has 1 saturated heterocycles. The summed E-state index contributed by atoms with van der Waals surface area (Å²) in [7, 11) is 1.90. The highest BCUT2D eigenvalue weighted by molar-refractivity contribution is 6.08. The summed E-state index contributed by atoms with van der Waals surface area (Å²) < 4.78 is 1.87. The molecule has 1 aliphatic rings. The second-order valence-corrected chi connectivity index (χ2v) is 6.82. The Kier molecular flexibility index (Phi) is 4.03. The average Bonchev–Trinajstić information content (AvgIpc) is 3.23. The lowest BCUT2D eigenvalue weighted by molar-refractivity contribution is 0.0536. The van der Waals surface area contributed by atoms with Crippen LogP contribution in [0, 0.1) is 6.92 Å². The van der Waals surface area contributed by atoms with Crippen LogP contribution in [0.4, 0.5) is 0 Å². The van der Waals surface area contributed by atoms with Crippen LogP contribution in [-0.2, 0) is 7.05 Å². The standard InChI is InChI=1S/C20H22N4O2/c1-14-18(16-5-3-4-6-17(16)21-14)20(26)24-11-9-23(10-12-24)19(25)15-7-8-22(2)13-15/h3-8,13,21H,9-12H2,1-2H3. The molecule has 0 atom stereocenters. The Morgan fingerprint density at radius 2 is 1.62 bits per heavy atom. The summed E-state index contributed by atoms with van der Waals surface area (Å²) in [4.78, 5) is 32.5. The minimum absolute atomic E-state index is 0.0287. The van der Waals surface area contributed by atoms with Crippen LogP contribution in [0.5, 0.6) is 0 Å². The van der Waals surface area contributed by atoms with E-state index in [-0.39, 0.29) is 11.8 Å². The van der Waals surface area contributed by atoms with Crippen molar-refractivity contribution in [3.05, 3.63) is 59.5 Å². The molecule has 1 N–H and O–H groups in total. The van der Waals surface area contributed by atoms with Crippen molar-refractivity contribution >= 4 is 22.7 Å². The van der Waals surface area contributed by atoms with Gasteiger partial charge in [-0.2, -0.15) is 0 Å². The van der Waals surface area contributed by atoms with Crippen molar-refractivity contribution in [2.24, 2.45) is 7.05 Å². The normalized spacial score (nSPS) is 14.8. The smallest absolute Gasteiger partial charge is 0.256 e. The molecule has 0 spiro atoms. The van der Waals surface area contributed by atoms with Crippen molar-refractivity contribution in [2.75, 3.05) is 26.2 Å². The molecule has 0 saturated carbocycles. The van der Waals surface area contributed by atoms with Crippen molar-refractivity contribution in [1.29, 1.82) is 0 Å². The van der Waals surface area contributed by atoms with Gasteiger partial charge in [-0.05, 0) is 19.1 Å². The number of benzene rings is 1. The van der Waals surface area contributed by atoms with Gasteiger partial charge in [-0.1, -0.05) is 18.2 Å². The number of nitrogens with zero attached hydrogens (tertiary/aromatic N) is 3. The Labute approximate surface area is 152 Å². The first-order chi connectivity index (χ1) is 12.5. The zero-order chi connectivity index (χ0) is 18.3. The zero-order valence-electron chi connectivity index (χ0n) is 15.0. The molecule has 134 valence electrons. The fraction of sp³-hybridized carbons (Fsp3) is 0.300. The monoisotopic (exact) mass is 350 g/mol. The maximum Gasteiger partial charge on any atom is 0.256 e. The number of fused-ring (bicyclic) bond motifs is 1. The van der Waals surface area contributed by atoms with Gasteiger partial charge in [0, 0.05) is 62.2 Å². The first-order valence-electron chi connectivity index (χ1n) is 8.82. The molecule has 6 nitrogen and oxygen atoms in total. The molecule has 2 aromatic heterocycles. The number of aromatic amines is 1. The molecule has 4 rings (SSSR count). The summed E-state index contributed by atoms with van der Waals surface area (Å²) >= 11 is 0. The van der Waals surface area contributed by atoms with Gasteiger partial charge in [0.15, 0.2) is 0 Å². The number of nitrogens with one attached hydrogen (secondary N) is 1. The Balaban J connectivity index is 1.48. The van der Waals surface area contributed by atoms with E-state index in [9.17, 15) is 9.59 Å². The highest BCUT2D eigenvalue weighted by Crippen LogP contribution is 2.24. The second kappa shape index (κ2) is 6.37. The number of hydrogen-bond acceptors (Lipinski definition) is 2. The van der Waals surface area contributed by atoms with E-state index in [1.54, 1.807) is 0 Å². The summed E-state index contributed by atoms with van der Waals surface area (Å²) in [6, 6.07) is 9.69. The number of amides is 2. The van der Waals surface area contributed by atoms with E-state index in [0.717, 1.165) is 22.2 Å². The molecule has 1 aliphatic heterocycles. The molecule has 2 amide bonds. The topological polar surface area (TPSA) is 61.3 Å². The summed E-state index contributed by atoms with van der Waals surface area (Å²) in [5.41, 5.74) is 3.30. The van der Waals surface area contributed by atoms with Crippen molar-refractivity contribution < 1.29 is 9.59 Å². The van der Waals surface area contributed by atoms with Crippen LogP contribution in [0.15, 0.2) is 42.7 Å². The quantitative estimate of drug-likeness (QED) is 0.771. The largest absolute Gasteiger partial charge is 0.358 e. The van der Waals surface area contributed by atoms with Gasteiger partial charge in [0.1, 0.15) is 0 Å². The van der Waals surface area contributed by atoms with Crippen molar-refractivity contribution in [3.8, 4) is 0 Å². The van der Waals surface area contributed by atoms with Crippen LogP contribution >= 0.6 is 0 Å². The predicted molar refractivity (Wildman–Crippen MR) is 100 cm³/mol. The number of aromatic nitrogens is 2. The summed E-state index contributed by atoms with van der Waals surface area (Å²) in [6.45, 7) is 4.15. The molecular formula is C20H22N4O2. The van der Waals surface area contributed by atoms with Crippen LogP contribution < -0.4 is 0 Å². The van der Waals surface area contributed by atoms with E-state index in [4.69, 9.17) is 0 Å². The van der Waals surface area contributed by atoms with Crippen LogP contribution in [0.25, 0.3) is 10.9 Å². The maximum absolute atomic E-state index is 13.0. The van der Waals surface area contributed by atoms with Gasteiger partial charge in [0.25, 0.3) is 11.8 Å². The summed E-state index contributed by atoms with van der Waals surface area (Å²) in [5, 5.41) is 0.956. The predicted octanol–water partition coefficient (Wildman–Crippen LogP) is 2.41. The Hall–Kier alpha value is -3.02. The lowest BCUT2D eigenvalue weighted by atomic mass is 10.1. The Morgan fingerprint density at radius 1 is 0.962 bits per heavy atom. The fourth-order valence-electron chi connectivity index (χ4n) is 3.64. The van der Waals surface area contributed by atoms with Crippen LogP contribution in [0.1, 0.15) is 26.4 Å². The number of para-hydroxylation sites is 1. The molecule has 6 heteroatoms. The summed E-state index contributed by atoms with van der Waals surface area (Å²) in [5.74, 6) is 0.0627. The van der Waals surface area contributed by atoms with E-state index in [2.05, 4.69) is 4.98 Å². The van der Waals surface area contributed by atoms with Gasteiger partial charge in [-0.15, -0.1) is 0 Å². The third-order valence-electron chi connectivity index (χ3n) is 5.04. The summed E-state index contributed by atoms with van der Waals surface area (Å²) in [6.07, 6.45) is 3.70. The molecule has 3 heterocycles. The Bertz CT molecular complexity index is 977. The minimum atomic E-state index is 0.0287. The number of carbonyl (C=O) groups is 2.